The minimum absolute atomic E-state index is 0.224. The molecule has 1 aliphatic rings. The van der Waals surface area contributed by atoms with Gasteiger partial charge in [0.2, 0.25) is 0 Å². The summed E-state index contributed by atoms with van der Waals surface area (Å²) >= 11 is 0. The normalized spacial score (nSPS) is 12.5. The lowest BCUT2D eigenvalue weighted by Crippen LogP contribution is -2.38. The van der Waals surface area contributed by atoms with Gasteiger partial charge in [-0.25, -0.2) is 4.79 Å². The number of amides is 1. The molecule has 0 saturated carbocycles. The minimum Gasteiger partial charge on any atom is -0.490 e. The van der Waals surface area contributed by atoms with Gasteiger partial charge in [0.15, 0.2) is 0 Å². The molecule has 0 spiro atoms. The molecule has 0 aromatic heterocycles. The van der Waals surface area contributed by atoms with Crippen LogP contribution in [0.1, 0.15) is 11.1 Å². The first-order chi connectivity index (χ1) is 13.7. The van der Waals surface area contributed by atoms with Gasteiger partial charge >= 0.3 is 6.09 Å². The topological polar surface area (TPSA) is 62.6 Å². The zero-order chi connectivity index (χ0) is 19.3. The molecule has 4 rings (SSSR count). The Bertz CT molecular complexity index is 1020. The highest BCUT2D eigenvalue weighted by Crippen LogP contribution is 2.36. The monoisotopic (exact) mass is 370 g/mol. The highest BCUT2D eigenvalue weighted by molar-refractivity contribution is 5.91. The SMILES string of the molecule is N#Cc1ccc(-c2ccc3c(c2)N(C(=O)OCc2ccccc2)CCO3)cc1. The molecule has 0 atom stereocenters. The van der Waals surface area contributed by atoms with Crippen LogP contribution in [-0.4, -0.2) is 19.2 Å². The average molecular weight is 370 g/mol. The largest absolute Gasteiger partial charge is 0.490 e. The van der Waals surface area contributed by atoms with Gasteiger partial charge in [-0.2, -0.15) is 5.26 Å². The summed E-state index contributed by atoms with van der Waals surface area (Å²) in [5.74, 6) is 0.653. The van der Waals surface area contributed by atoms with Gasteiger partial charge in [0.25, 0.3) is 0 Å². The number of nitriles is 1. The van der Waals surface area contributed by atoms with Crippen LogP contribution in [-0.2, 0) is 11.3 Å². The van der Waals surface area contributed by atoms with E-state index in [1.54, 1.807) is 17.0 Å². The molecule has 138 valence electrons. The quantitative estimate of drug-likeness (QED) is 0.667. The van der Waals surface area contributed by atoms with Gasteiger partial charge in [-0.05, 0) is 41.0 Å². The maximum Gasteiger partial charge on any atom is 0.414 e. The zero-order valence-corrected chi connectivity index (χ0v) is 15.2. The van der Waals surface area contributed by atoms with Crippen molar-refractivity contribution in [3.8, 4) is 22.9 Å². The molecule has 0 unspecified atom stereocenters. The lowest BCUT2D eigenvalue weighted by Gasteiger charge is -2.29. The summed E-state index contributed by atoms with van der Waals surface area (Å²) in [6, 6.07) is 24.8. The summed E-state index contributed by atoms with van der Waals surface area (Å²) < 4.78 is 11.2. The van der Waals surface area contributed by atoms with E-state index in [1.807, 2.05) is 60.7 Å². The Morgan fingerprint density at radius 3 is 2.54 bits per heavy atom. The maximum atomic E-state index is 12.7. The fourth-order valence-corrected chi connectivity index (χ4v) is 3.12. The number of hydrogen-bond acceptors (Lipinski definition) is 4. The van der Waals surface area contributed by atoms with Gasteiger partial charge in [-0.1, -0.05) is 48.5 Å². The Balaban J connectivity index is 1.57. The molecular formula is C23H18N2O3. The van der Waals surface area contributed by atoms with Crippen molar-refractivity contribution in [2.45, 2.75) is 6.61 Å². The first kappa shape index (κ1) is 17.6. The molecule has 0 aliphatic carbocycles. The Morgan fingerprint density at radius 2 is 1.79 bits per heavy atom. The van der Waals surface area contributed by atoms with Crippen molar-refractivity contribution in [1.29, 1.82) is 5.26 Å². The highest BCUT2D eigenvalue weighted by Gasteiger charge is 2.25. The predicted octanol–water partition coefficient (Wildman–Crippen LogP) is 4.76. The number of benzene rings is 3. The summed E-state index contributed by atoms with van der Waals surface area (Å²) in [7, 11) is 0. The molecule has 0 fully saturated rings. The van der Waals surface area contributed by atoms with E-state index in [-0.39, 0.29) is 6.61 Å². The van der Waals surface area contributed by atoms with Gasteiger partial charge < -0.3 is 9.47 Å². The lowest BCUT2D eigenvalue weighted by atomic mass is 10.0. The van der Waals surface area contributed by atoms with Crippen molar-refractivity contribution in [3.63, 3.8) is 0 Å². The molecule has 1 amide bonds. The molecule has 0 N–H and O–H groups in total. The van der Waals surface area contributed by atoms with Crippen LogP contribution in [0, 0.1) is 11.3 Å². The third-order valence-corrected chi connectivity index (χ3v) is 4.60. The van der Waals surface area contributed by atoms with Crippen LogP contribution in [0.4, 0.5) is 10.5 Å². The minimum atomic E-state index is -0.398. The predicted molar refractivity (Wildman–Crippen MR) is 106 cm³/mol. The van der Waals surface area contributed by atoms with E-state index in [4.69, 9.17) is 14.7 Å². The van der Waals surface area contributed by atoms with Crippen molar-refractivity contribution < 1.29 is 14.3 Å². The van der Waals surface area contributed by atoms with Crippen molar-refractivity contribution in [1.82, 2.24) is 0 Å². The molecular weight excluding hydrogens is 352 g/mol. The molecule has 28 heavy (non-hydrogen) atoms. The zero-order valence-electron chi connectivity index (χ0n) is 15.2. The van der Waals surface area contributed by atoms with E-state index < -0.39 is 6.09 Å². The van der Waals surface area contributed by atoms with Crippen molar-refractivity contribution in [2.24, 2.45) is 0 Å². The second kappa shape index (κ2) is 7.85. The molecule has 0 bridgehead atoms. The van der Waals surface area contributed by atoms with Gasteiger partial charge in [0.1, 0.15) is 19.0 Å². The molecule has 3 aromatic carbocycles. The number of fused-ring (bicyclic) bond motifs is 1. The van der Waals surface area contributed by atoms with Crippen molar-refractivity contribution >= 4 is 11.8 Å². The Hall–Kier alpha value is -3.78. The lowest BCUT2D eigenvalue weighted by molar-refractivity contribution is 0.144. The second-order valence-electron chi connectivity index (χ2n) is 6.41. The van der Waals surface area contributed by atoms with Crippen LogP contribution >= 0.6 is 0 Å². The third kappa shape index (κ3) is 3.67. The van der Waals surface area contributed by atoms with Crippen molar-refractivity contribution in [2.75, 3.05) is 18.1 Å². The number of anilines is 1. The summed E-state index contributed by atoms with van der Waals surface area (Å²) in [5, 5.41) is 8.96. The fourth-order valence-electron chi connectivity index (χ4n) is 3.12. The Labute approximate surface area is 163 Å². The standard InChI is InChI=1S/C23H18N2O3/c24-15-17-6-8-19(9-7-17)20-10-11-22-21(14-20)25(12-13-27-22)23(26)28-16-18-4-2-1-3-5-18/h1-11,14H,12-13,16H2. The average Bonchev–Trinajstić information content (AvgIpc) is 2.77. The Kier molecular flexibility index (Phi) is 4.94. The van der Waals surface area contributed by atoms with Crippen LogP contribution in [0.5, 0.6) is 5.75 Å². The molecule has 1 aliphatic heterocycles. The number of carbonyl (C=O) groups excluding carboxylic acids is 1. The van der Waals surface area contributed by atoms with Crippen LogP contribution in [0.25, 0.3) is 11.1 Å². The maximum absolute atomic E-state index is 12.7. The van der Waals surface area contributed by atoms with Crippen LogP contribution in [0.3, 0.4) is 0 Å². The van der Waals surface area contributed by atoms with Crippen LogP contribution in [0.15, 0.2) is 72.8 Å². The number of rotatable bonds is 3. The molecule has 0 saturated heterocycles. The Morgan fingerprint density at radius 1 is 1.04 bits per heavy atom. The number of ether oxygens (including phenoxy) is 2. The summed E-state index contributed by atoms with van der Waals surface area (Å²) in [4.78, 5) is 14.3. The van der Waals surface area contributed by atoms with E-state index in [1.165, 1.54) is 0 Å². The molecule has 5 nitrogen and oxygen atoms in total. The fraction of sp³-hybridized carbons (Fsp3) is 0.130. The smallest absolute Gasteiger partial charge is 0.414 e. The molecule has 1 heterocycles. The molecule has 5 heteroatoms. The highest BCUT2D eigenvalue weighted by atomic mass is 16.6. The first-order valence-electron chi connectivity index (χ1n) is 9.00. The van der Waals surface area contributed by atoms with Gasteiger partial charge in [-0.3, -0.25) is 4.90 Å². The van der Waals surface area contributed by atoms with Crippen LogP contribution < -0.4 is 9.64 Å². The third-order valence-electron chi connectivity index (χ3n) is 4.60. The van der Waals surface area contributed by atoms with Gasteiger partial charge in [0.05, 0.1) is 23.9 Å². The summed E-state index contributed by atoms with van der Waals surface area (Å²) in [6.07, 6.45) is -0.398. The number of hydrogen-bond donors (Lipinski definition) is 0. The molecule has 3 aromatic rings. The number of carbonyl (C=O) groups is 1. The van der Waals surface area contributed by atoms with E-state index >= 15 is 0 Å². The van der Waals surface area contributed by atoms with E-state index in [2.05, 4.69) is 6.07 Å². The second-order valence-corrected chi connectivity index (χ2v) is 6.41. The van der Waals surface area contributed by atoms with Gasteiger partial charge in [0, 0.05) is 0 Å². The van der Waals surface area contributed by atoms with Crippen LogP contribution in [0.2, 0.25) is 0 Å². The van der Waals surface area contributed by atoms with E-state index in [9.17, 15) is 4.79 Å². The summed E-state index contributed by atoms with van der Waals surface area (Å²) in [5.41, 5.74) is 4.14. The summed E-state index contributed by atoms with van der Waals surface area (Å²) in [6.45, 7) is 1.07. The first-order valence-corrected chi connectivity index (χ1v) is 9.00. The van der Waals surface area contributed by atoms with Crippen molar-refractivity contribution in [3.05, 3.63) is 83.9 Å². The van der Waals surface area contributed by atoms with E-state index in [0.29, 0.717) is 30.2 Å². The number of nitrogens with zero attached hydrogens (tertiary/aromatic N) is 2. The van der Waals surface area contributed by atoms with E-state index in [0.717, 1.165) is 16.7 Å². The molecule has 0 radical (unpaired) electrons. The van der Waals surface area contributed by atoms with Gasteiger partial charge in [-0.15, -0.1) is 0 Å².